The maximum Gasteiger partial charge on any atom is 0.0736 e. The fourth-order valence-electron chi connectivity index (χ4n) is 1.41. The van der Waals surface area contributed by atoms with Gasteiger partial charge in [0.1, 0.15) is 0 Å². The van der Waals surface area contributed by atoms with Crippen molar-refractivity contribution in [1.29, 1.82) is 0 Å². The molecule has 0 spiro atoms. The van der Waals surface area contributed by atoms with Gasteiger partial charge in [0.25, 0.3) is 0 Å². The van der Waals surface area contributed by atoms with Gasteiger partial charge < -0.3 is 11.5 Å². The summed E-state index contributed by atoms with van der Waals surface area (Å²) in [7, 11) is 0. The summed E-state index contributed by atoms with van der Waals surface area (Å²) in [6, 6.07) is 0. The molecule has 1 aliphatic carbocycles. The number of rotatable bonds is 0. The normalized spacial score (nSPS) is 20.6. The number of hydrogen-bond acceptors (Lipinski definition) is 3. The van der Waals surface area contributed by atoms with Gasteiger partial charge in [-0.25, -0.2) is 0 Å². The first-order chi connectivity index (χ1) is 6.27. The number of hydrogen-bond donors (Lipinski definition) is 2. The van der Waals surface area contributed by atoms with Crippen LogP contribution in [0.1, 0.15) is 6.42 Å². The SMILES string of the molecule is NC1=CC2=NC=CC=CC2=C(N)C1. The molecule has 0 fully saturated rings. The second kappa shape index (κ2) is 2.94. The second-order valence-corrected chi connectivity index (χ2v) is 3.05. The molecule has 0 radical (unpaired) electrons. The maximum atomic E-state index is 5.85. The maximum absolute atomic E-state index is 5.85. The third-order valence-corrected chi connectivity index (χ3v) is 2.01. The molecule has 0 unspecified atom stereocenters. The summed E-state index contributed by atoms with van der Waals surface area (Å²) < 4.78 is 0. The average Bonchev–Trinajstić information content (AvgIpc) is 2.28. The highest BCUT2D eigenvalue weighted by molar-refractivity contribution is 6.12. The van der Waals surface area contributed by atoms with Gasteiger partial charge in [0.2, 0.25) is 0 Å². The Balaban J connectivity index is 2.51. The Morgan fingerprint density at radius 1 is 1.23 bits per heavy atom. The van der Waals surface area contributed by atoms with Crippen molar-refractivity contribution in [2.45, 2.75) is 6.42 Å². The highest BCUT2D eigenvalue weighted by Gasteiger charge is 2.13. The molecule has 0 saturated carbocycles. The predicted molar refractivity (Wildman–Crippen MR) is 53.8 cm³/mol. The summed E-state index contributed by atoms with van der Waals surface area (Å²) >= 11 is 0. The molecule has 0 aromatic heterocycles. The largest absolute Gasteiger partial charge is 0.402 e. The Labute approximate surface area is 76.8 Å². The molecule has 1 aliphatic heterocycles. The Kier molecular flexibility index (Phi) is 1.77. The summed E-state index contributed by atoms with van der Waals surface area (Å²) in [6.07, 6.45) is 10.00. The van der Waals surface area contributed by atoms with Crippen LogP contribution in [0.3, 0.4) is 0 Å². The van der Waals surface area contributed by atoms with Crippen LogP contribution in [0.15, 0.2) is 52.5 Å². The molecule has 4 N–H and O–H groups in total. The van der Waals surface area contributed by atoms with Crippen LogP contribution in [-0.4, -0.2) is 5.71 Å². The van der Waals surface area contributed by atoms with E-state index in [9.17, 15) is 0 Å². The van der Waals surface area contributed by atoms with Crippen molar-refractivity contribution < 1.29 is 0 Å². The summed E-state index contributed by atoms with van der Waals surface area (Å²) in [4.78, 5) is 4.23. The minimum Gasteiger partial charge on any atom is -0.402 e. The smallest absolute Gasteiger partial charge is 0.0736 e. The van der Waals surface area contributed by atoms with Crippen molar-refractivity contribution in [1.82, 2.24) is 0 Å². The lowest BCUT2D eigenvalue weighted by Gasteiger charge is -2.14. The molecule has 0 aromatic carbocycles. The molecule has 0 saturated heterocycles. The van der Waals surface area contributed by atoms with Crippen LogP contribution in [0.25, 0.3) is 0 Å². The van der Waals surface area contributed by atoms with Crippen molar-refractivity contribution in [2.75, 3.05) is 0 Å². The number of nitrogens with two attached hydrogens (primary N) is 2. The first-order valence-corrected chi connectivity index (χ1v) is 4.13. The minimum atomic E-state index is 0.638. The highest BCUT2D eigenvalue weighted by atomic mass is 14.7. The Morgan fingerprint density at radius 2 is 2.08 bits per heavy atom. The van der Waals surface area contributed by atoms with Gasteiger partial charge in [0, 0.05) is 29.6 Å². The Bertz CT molecular complexity index is 381. The predicted octanol–water partition coefficient (Wildman–Crippen LogP) is 0.970. The Morgan fingerprint density at radius 3 is 2.92 bits per heavy atom. The highest BCUT2D eigenvalue weighted by Crippen LogP contribution is 2.19. The number of fused-ring (bicyclic) bond motifs is 1. The Hall–Kier alpha value is -1.77. The minimum absolute atomic E-state index is 0.638. The quantitative estimate of drug-likeness (QED) is 0.573. The molecule has 0 amide bonds. The van der Waals surface area contributed by atoms with Crippen molar-refractivity contribution in [2.24, 2.45) is 16.5 Å². The van der Waals surface area contributed by atoms with E-state index in [4.69, 9.17) is 11.5 Å². The van der Waals surface area contributed by atoms with Crippen molar-refractivity contribution >= 4 is 5.71 Å². The van der Waals surface area contributed by atoms with Gasteiger partial charge in [-0.15, -0.1) is 0 Å². The zero-order chi connectivity index (χ0) is 9.26. The van der Waals surface area contributed by atoms with Crippen LogP contribution in [0.5, 0.6) is 0 Å². The van der Waals surface area contributed by atoms with Gasteiger partial charge >= 0.3 is 0 Å². The fraction of sp³-hybridized carbons (Fsp3) is 0.100. The van der Waals surface area contributed by atoms with Gasteiger partial charge in [-0.05, 0) is 12.2 Å². The number of nitrogens with zero attached hydrogens (tertiary/aromatic N) is 1. The molecule has 3 nitrogen and oxygen atoms in total. The van der Waals surface area contributed by atoms with Crippen LogP contribution >= 0.6 is 0 Å². The summed E-state index contributed by atoms with van der Waals surface area (Å²) in [5.41, 5.74) is 14.9. The summed E-state index contributed by atoms with van der Waals surface area (Å²) in [5, 5.41) is 0. The average molecular weight is 173 g/mol. The standard InChI is InChI=1S/C10H11N3/c11-7-5-9(12)8-3-1-2-4-13-10(8)6-7/h1-4,6H,5,11-12H2. The van der Waals surface area contributed by atoms with Crippen LogP contribution in [0, 0.1) is 0 Å². The third kappa shape index (κ3) is 1.40. The lowest BCUT2D eigenvalue weighted by molar-refractivity contribution is 1.04. The molecule has 0 atom stereocenters. The van der Waals surface area contributed by atoms with Gasteiger partial charge in [-0.3, -0.25) is 4.99 Å². The van der Waals surface area contributed by atoms with E-state index >= 15 is 0 Å². The van der Waals surface area contributed by atoms with Crippen molar-refractivity contribution in [3.63, 3.8) is 0 Å². The summed E-state index contributed by atoms with van der Waals surface area (Å²) in [5.74, 6) is 0. The molecule has 0 bridgehead atoms. The lowest BCUT2D eigenvalue weighted by Crippen LogP contribution is -2.17. The van der Waals surface area contributed by atoms with E-state index in [0.717, 1.165) is 22.7 Å². The first kappa shape index (κ1) is 7.86. The van der Waals surface area contributed by atoms with Crippen LogP contribution < -0.4 is 11.5 Å². The van der Waals surface area contributed by atoms with Gasteiger partial charge in [-0.1, -0.05) is 12.2 Å². The van der Waals surface area contributed by atoms with Crippen LogP contribution in [-0.2, 0) is 0 Å². The van der Waals surface area contributed by atoms with E-state index in [2.05, 4.69) is 4.99 Å². The molecule has 66 valence electrons. The van der Waals surface area contributed by atoms with Crippen molar-refractivity contribution in [3.8, 4) is 0 Å². The van der Waals surface area contributed by atoms with E-state index in [1.165, 1.54) is 0 Å². The molecular weight excluding hydrogens is 162 g/mol. The first-order valence-electron chi connectivity index (χ1n) is 4.13. The van der Waals surface area contributed by atoms with E-state index < -0.39 is 0 Å². The molecular formula is C10H11N3. The number of allylic oxidation sites excluding steroid dienone is 5. The van der Waals surface area contributed by atoms with Gasteiger partial charge in [0.05, 0.1) is 5.71 Å². The molecule has 2 aliphatic rings. The third-order valence-electron chi connectivity index (χ3n) is 2.01. The summed E-state index contributed by atoms with van der Waals surface area (Å²) in [6.45, 7) is 0. The van der Waals surface area contributed by atoms with Crippen LogP contribution in [0.2, 0.25) is 0 Å². The van der Waals surface area contributed by atoms with E-state index in [-0.39, 0.29) is 0 Å². The lowest BCUT2D eigenvalue weighted by atomic mass is 9.98. The monoisotopic (exact) mass is 173 g/mol. The zero-order valence-corrected chi connectivity index (χ0v) is 7.20. The second-order valence-electron chi connectivity index (χ2n) is 3.05. The van der Waals surface area contributed by atoms with E-state index in [1.54, 1.807) is 6.20 Å². The topological polar surface area (TPSA) is 64.4 Å². The molecule has 0 aromatic rings. The molecule has 1 heterocycles. The fourth-order valence-corrected chi connectivity index (χ4v) is 1.41. The van der Waals surface area contributed by atoms with Crippen LogP contribution in [0.4, 0.5) is 0 Å². The molecule has 13 heavy (non-hydrogen) atoms. The zero-order valence-electron chi connectivity index (χ0n) is 7.20. The van der Waals surface area contributed by atoms with Crippen molar-refractivity contribution in [3.05, 3.63) is 47.5 Å². The number of aliphatic imine (C=N–C) groups is 1. The van der Waals surface area contributed by atoms with Gasteiger partial charge in [0.15, 0.2) is 0 Å². The van der Waals surface area contributed by atoms with E-state index in [0.29, 0.717) is 6.42 Å². The van der Waals surface area contributed by atoms with Gasteiger partial charge in [-0.2, -0.15) is 0 Å². The molecule has 2 rings (SSSR count). The van der Waals surface area contributed by atoms with E-state index in [1.807, 2.05) is 24.3 Å². The molecule has 3 heteroatoms.